The van der Waals surface area contributed by atoms with Crippen molar-refractivity contribution in [2.75, 3.05) is 31.7 Å². The second kappa shape index (κ2) is 6.47. The van der Waals surface area contributed by atoms with Gasteiger partial charge < -0.3 is 14.7 Å². The van der Waals surface area contributed by atoms with Crippen molar-refractivity contribution in [2.45, 2.75) is 6.43 Å². The molecule has 20 heavy (non-hydrogen) atoms. The van der Waals surface area contributed by atoms with Crippen LogP contribution in [0.4, 0.5) is 14.6 Å². The molecule has 0 fully saturated rings. The highest BCUT2D eigenvalue weighted by Crippen LogP contribution is 2.28. The van der Waals surface area contributed by atoms with Crippen molar-refractivity contribution in [3.63, 3.8) is 0 Å². The number of aliphatic hydroxyl groups excluding tert-OH is 1. The van der Waals surface area contributed by atoms with Gasteiger partial charge in [0.1, 0.15) is 11.6 Å². The summed E-state index contributed by atoms with van der Waals surface area (Å²) in [6, 6.07) is 7.21. The minimum absolute atomic E-state index is 0.105. The lowest BCUT2D eigenvalue weighted by atomic mass is 10.1. The Morgan fingerprint density at radius 1 is 1.35 bits per heavy atom. The number of nitrogens with zero attached hydrogens (tertiary/aromatic N) is 2. The third-order valence-electron chi connectivity index (χ3n) is 2.98. The molecular weight excluding hydrogens is 266 g/mol. The average molecular weight is 282 g/mol. The summed E-state index contributed by atoms with van der Waals surface area (Å²) in [5.41, 5.74) is 0. The second-order valence-electron chi connectivity index (χ2n) is 4.28. The van der Waals surface area contributed by atoms with E-state index in [-0.39, 0.29) is 13.2 Å². The Bertz CT molecular complexity index is 578. The zero-order chi connectivity index (χ0) is 14.5. The van der Waals surface area contributed by atoms with Crippen molar-refractivity contribution in [1.29, 1.82) is 0 Å². The van der Waals surface area contributed by atoms with E-state index >= 15 is 0 Å². The van der Waals surface area contributed by atoms with Gasteiger partial charge >= 0.3 is 0 Å². The van der Waals surface area contributed by atoms with Crippen LogP contribution in [0, 0.1) is 0 Å². The molecule has 0 unspecified atom stereocenters. The fourth-order valence-corrected chi connectivity index (χ4v) is 2.08. The van der Waals surface area contributed by atoms with Crippen LogP contribution in [0.2, 0.25) is 0 Å². The van der Waals surface area contributed by atoms with Crippen LogP contribution < -0.4 is 9.64 Å². The van der Waals surface area contributed by atoms with Gasteiger partial charge in [-0.1, -0.05) is 6.07 Å². The van der Waals surface area contributed by atoms with E-state index in [4.69, 9.17) is 9.84 Å². The third kappa shape index (κ3) is 3.14. The molecule has 0 saturated carbocycles. The maximum absolute atomic E-state index is 12.7. The van der Waals surface area contributed by atoms with Gasteiger partial charge in [-0.3, -0.25) is 0 Å². The Morgan fingerprint density at radius 2 is 2.15 bits per heavy atom. The number of halogens is 2. The standard InChI is InChI=1S/C14H16F2N2O2/c1-20-11-3-2-10-4-5-17-14(12(10)8-11)18(6-7-19)9-13(15)16/h2-5,8,13,19H,6-7,9H2,1H3. The molecule has 0 atom stereocenters. The summed E-state index contributed by atoms with van der Waals surface area (Å²) >= 11 is 0. The summed E-state index contributed by atoms with van der Waals surface area (Å²) in [4.78, 5) is 5.56. The van der Waals surface area contributed by atoms with Crippen LogP contribution in [0.5, 0.6) is 5.75 Å². The molecule has 0 aliphatic carbocycles. The van der Waals surface area contributed by atoms with E-state index in [1.54, 1.807) is 31.5 Å². The summed E-state index contributed by atoms with van der Waals surface area (Å²) < 4.78 is 30.5. The highest BCUT2D eigenvalue weighted by atomic mass is 19.3. The maximum atomic E-state index is 12.7. The minimum atomic E-state index is -2.50. The van der Waals surface area contributed by atoms with Crippen molar-refractivity contribution >= 4 is 16.6 Å². The number of anilines is 1. The van der Waals surface area contributed by atoms with Crippen LogP contribution >= 0.6 is 0 Å². The molecule has 4 nitrogen and oxygen atoms in total. The third-order valence-corrected chi connectivity index (χ3v) is 2.98. The van der Waals surface area contributed by atoms with Gasteiger partial charge in [-0.05, 0) is 23.6 Å². The second-order valence-corrected chi connectivity index (χ2v) is 4.28. The van der Waals surface area contributed by atoms with Gasteiger partial charge in [0.25, 0.3) is 6.43 Å². The quantitative estimate of drug-likeness (QED) is 0.883. The number of aliphatic hydroxyl groups is 1. The van der Waals surface area contributed by atoms with Crippen molar-refractivity contribution in [3.8, 4) is 5.75 Å². The molecule has 0 amide bonds. The Labute approximate surface area is 115 Å². The Kier molecular flexibility index (Phi) is 4.68. The molecule has 0 spiro atoms. The number of benzene rings is 1. The first-order valence-electron chi connectivity index (χ1n) is 6.22. The van der Waals surface area contributed by atoms with Crippen molar-refractivity contribution < 1.29 is 18.6 Å². The van der Waals surface area contributed by atoms with Gasteiger partial charge in [-0.2, -0.15) is 0 Å². The zero-order valence-corrected chi connectivity index (χ0v) is 11.1. The Morgan fingerprint density at radius 3 is 2.80 bits per heavy atom. The van der Waals surface area contributed by atoms with Crippen molar-refractivity contribution in [1.82, 2.24) is 4.98 Å². The molecule has 0 radical (unpaired) electrons. The molecular formula is C14H16F2N2O2. The van der Waals surface area contributed by atoms with Crippen LogP contribution in [0.25, 0.3) is 10.8 Å². The number of pyridine rings is 1. The number of fused-ring (bicyclic) bond motifs is 1. The van der Waals surface area contributed by atoms with Gasteiger partial charge in [0, 0.05) is 18.1 Å². The normalized spacial score (nSPS) is 11.1. The highest BCUT2D eigenvalue weighted by Gasteiger charge is 2.16. The molecule has 1 aromatic heterocycles. The first kappa shape index (κ1) is 14.5. The zero-order valence-electron chi connectivity index (χ0n) is 11.1. The summed E-state index contributed by atoms with van der Waals surface area (Å²) in [5.74, 6) is 1.06. The number of rotatable bonds is 6. The van der Waals surface area contributed by atoms with Crippen molar-refractivity contribution in [2.24, 2.45) is 0 Å². The number of hydrogen-bond donors (Lipinski definition) is 1. The number of hydrogen-bond acceptors (Lipinski definition) is 4. The predicted octanol–water partition coefficient (Wildman–Crippen LogP) is 2.31. The lowest BCUT2D eigenvalue weighted by molar-refractivity contribution is 0.152. The van der Waals surface area contributed by atoms with Crippen molar-refractivity contribution in [3.05, 3.63) is 30.5 Å². The topological polar surface area (TPSA) is 45.6 Å². The lowest BCUT2D eigenvalue weighted by Crippen LogP contribution is -2.32. The van der Waals surface area contributed by atoms with Crippen LogP contribution in [-0.2, 0) is 0 Å². The first-order valence-corrected chi connectivity index (χ1v) is 6.22. The number of methoxy groups -OCH3 is 1. The summed E-state index contributed by atoms with van der Waals surface area (Å²) in [6.45, 7) is -0.577. The molecule has 1 N–H and O–H groups in total. The van der Waals surface area contributed by atoms with Crippen LogP contribution in [0.1, 0.15) is 0 Å². The molecule has 2 aromatic rings. The molecule has 0 saturated heterocycles. The Balaban J connectivity index is 2.49. The van der Waals surface area contributed by atoms with Crippen LogP contribution in [0.3, 0.4) is 0 Å². The smallest absolute Gasteiger partial charge is 0.255 e. The van der Waals surface area contributed by atoms with Crippen LogP contribution in [-0.4, -0.2) is 43.3 Å². The van der Waals surface area contributed by atoms with E-state index in [9.17, 15) is 8.78 Å². The van der Waals surface area contributed by atoms with Gasteiger partial charge in [0.05, 0.1) is 20.3 Å². The lowest BCUT2D eigenvalue weighted by Gasteiger charge is -2.23. The van der Waals surface area contributed by atoms with E-state index < -0.39 is 13.0 Å². The van der Waals surface area contributed by atoms with E-state index in [1.807, 2.05) is 6.07 Å². The molecule has 2 rings (SSSR count). The predicted molar refractivity (Wildman–Crippen MR) is 73.6 cm³/mol. The molecule has 0 aliphatic rings. The fourth-order valence-electron chi connectivity index (χ4n) is 2.08. The molecule has 1 heterocycles. The molecule has 108 valence electrons. The monoisotopic (exact) mass is 282 g/mol. The van der Waals surface area contributed by atoms with Crippen LogP contribution in [0.15, 0.2) is 30.5 Å². The number of alkyl halides is 2. The van der Waals surface area contributed by atoms with E-state index in [1.165, 1.54) is 4.90 Å². The van der Waals surface area contributed by atoms with Gasteiger partial charge in [0.2, 0.25) is 0 Å². The first-order chi connectivity index (χ1) is 9.65. The van der Waals surface area contributed by atoms with Gasteiger partial charge in [-0.25, -0.2) is 13.8 Å². The van der Waals surface area contributed by atoms with E-state index in [0.29, 0.717) is 11.6 Å². The largest absolute Gasteiger partial charge is 0.497 e. The molecule has 0 aliphatic heterocycles. The van der Waals surface area contributed by atoms with Gasteiger partial charge in [-0.15, -0.1) is 0 Å². The summed E-state index contributed by atoms with van der Waals surface area (Å²) in [7, 11) is 1.54. The maximum Gasteiger partial charge on any atom is 0.255 e. The molecule has 1 aromatic carbocycles. The molecule has 0 bridgehead atoms. The van der Waals surface area contributed by atoms with Gasteiger partial charge in [0.15, 0.2) is 0 Å². The Hall–Kier alpha value is -1.95. The number of ether oxygens (including phenoxy) is 1. The SMILES string of the molecule is COc1ccc2ccnc(N(CCO)CC(F)F)c2c1. The summed E-state index contributed by atoms with van der Waals surface area (Å²) in [6.07, 6.45) is -0.927. The van der Waals surface area contributed by atoms with E-state index in [2.05, 4.69) is 4.98 Å². The fraction of sp³-hybridized carbons (Fsp3) is 0.357. The molecule has 6 heteroatoms. The van der Waals surface area contributed by atoms with E-state index in [0.717, 1.165) is 10.8 Å². The minimum Gasteiger partial charge on any atom is -0.497 e. The summed E-state index contributed by atoms with van der Waals surface area (Å²) in [5, 5.41) is 10.7. The number of aromatic nitrogens is 1. The average Bonchev–Trinajstić information content (AvgIpc) is 2.45. The highest BCUT2D eigenvalue weighted by molar-refractivity contribution is 5.93.